The Balaban J connectivity index is 2.08. The van der Waals surface area contributed by atoms with Crippen molar-refractivity contribution in [2.24, 2.45) is 11.3 Å². The van der Waals surface area contributed by atoms with Crippen molar-refractivity contribution in [3.05, 3.63) is 0 Å². The first-order valence-electron chi connectivity index (χ1n) is 6.84. The molecule has 18 heavy (non-hydrogen) atoms. The Labute approximate surface area is 114 Å². The van der Waals surface area contributed by atoms with E-state index in [1.807, 2.05) is 0 Å². The number of hydrogen-bond donors (Lipinski definition) is 2. The molecule has 2 fully saturated rings. The van der Waals surface area contributed by atoms with Gasteiger partial charge in [-0.15, -0.1) is 0 Å². The van der Waals surface area contributed by atoms with Gasteiger partial charge >= 0.3 is 0 Å². The highest BCUT2D eigenvalue weighted by Crippen LogP contribution is 2.43. The van der Waals surface area contributed by atoms with Crippen LogP contribution in [0.2, 0.25) is 0 Å². The summed E-state index contributed by atoms with van der Waals surface area (Å²) in [4.78, 5) is 12.5. The second-order valence-electron chi connectivity index (χ2n) is 5.13. The van der Waals surface area contributed by atoms with E-state index in [0.29, 0.717) is 31.4 Å². The van der Waals surface area contributed by atoms with Crippen molar-refractivity contribution < 1.29 is 14.3 Å². The Bertz CT molecular complexity index is 273. The van der Waals surface area contributed by atoms with Gasteiger partial charge in [0.25, 0.3) is 0 Å². The zero-order valence-corrected chi connectivity index (χ0v) is 11.7. The summed E-state index contributed by atoms with van der Waals surface area (Å²) in [6.07, 6.45) is 3.68. The highest BCUT2D eigenvalue weighted by atomic mass is 32.1. The summed E-state index contributed by atoms with van der Waals surface area (Å²) in [5, 5.41) is 3.03. The van der Waals surface area contributed by atoms with Gasteiger partial charge in [0.2, 0.25) is 5.91 Å². The van der Waals surface area contributed by atoms with Crippen LogP contribution in [0.25, 0.3) is 0 Å². The molecule has 1 amide bonds. The summed E-state index contributed by atoms with van der Waals surface area (Å²) in [5.41, 5.74) is -0.231. The standard InChI is InChI=1S/C13H23NO3S/c15-12(14-5-10-18)13(3-8-17-9-4-13)11-1-6-16-7-2-11/h11,18H,1-10H2,(H,14,15). The molecule has 0 aromatic heterocycles. The lowest BCUT2D eigenvalue weighted by Gasteiger charge is -2.43. The molecule has 0 radical (unpaired) electrons. The molecule has 0 aliphatic carbocycles. The van der Waals surface area contributed by atoms with Crippen LogP contribution >= 0.6 is 12.6 Å². The van der Waals surface area contributed by atoms with Gasteiger partial charge in [-0.25, -0.2) is 0 Å². The minimum atomic E-state index is -0.231. The van der Waals surface area contributed by atoms with Crippen LogP contribution in [0.15, 0.2) is 0 Å². The van der Waals surface area contributed by atoms with Crippen LogP contribution in [0.1, 0.15) is 25.7 Å². The van der Waals surface area contributed by atoms with Crippen LogP contribution in [-0.2, 0) is 14.3 Å². The predicted molar refractivity (Wildman–Crippen MR) is 72.9 cm³/mol. The van der Waals surface area contributed by atoms with Gasteiger partial charge in [-0.3, -0.25) is 4.79 Å². The van der Waals surface area contributed by atoms with Gasteiger partial charge in [0.15, 0.2) is 0 Å². The van der Waals surface area contributed by atoms with Crippen molar-refractivity contribution >= 4 is 18.5 Å². The summed E-state index contributed by atoms with van der Waals surface area (Å²) in [7, 11) is 0. The maximum Gasteiger partial charge on any atom is 0.226 e. The first-order valence-corrected chi connectivity index (χ1v) is 7.47. The molecule has 2 rings (SSSR count). The number of rotatable bonds is 4. The lowest BCUT2D eigenvalue weighted by Crippen LogP contribution is -2.51. The number of nitrogens with one attached hydrogen (secondary N) is 1. The van der Waals surface area contributed by atoms with Gasteiger partial charge in [0, 0.05) is 38.7 Å². The third-order valence-corrected chi connectivity index (χ3v) is 4.46. The second kappa shape index (κ2) is 6.78. The van der Waals surface area contributed by atoms with E-state index in [-0.39, 0.29) is 11.3 Å². The van der Waals surface area contributed by atoms with Crippen molar-refractivity contribution in [1.29, 1.82) is 0 Å². The van der Waals surface area contributed by atoms with E-state index >= 15 is 0 Å². The predicted octanol–water partition coefficient (Wildman–Crippen LogP) is 1.26. The molecule has 0 bridgehead atoms. The molecule has 0 spiro atoms. The quantitative estimate of drug-likeness (QED) is 0.758. The zero-order chi connectivity index (χ0) is 12.8. The molecule has 2 saturated heterocycles. The van der Waals surface area contributed by atoms with Gasteiger partial charge in [-0.1, -0.05) is 0 Å². The molecule has 0 atom stereocenters. The molecular formula is C13H23NO3S. The molecule has 0 aromatic rings. The Morgan fingerprint density at radius 1 is 1.17 bits per heavy atom. The van der Waals surface area contributed by atoms with Gasteiger partial charge in [-0.2, -0.15) is 12.6 Å². The van der Waals surface area contributed by atoms with Crippen LogP contribution < -0.4 is 5.32 Å². The Morgan fingerprint density at radius 3 is 2.39 bits per heavy atom. The largest absolute Gasteiger partial charge is 0.381 e. The normalized spacial score (nSPS) is 24.7. The summed E-state index contributed by atoms with van der Waals surface area (Å²) in [6, 6.07) is 0. The zero-order valence-electron chi connectivity index (χ0n) is 10.8. The number of hydrogen-bond acceptors (Lipinski definition) is 4. The minimum Gasteiger partial charge on any atom is -0.381 e. The van der Waals surface area contributed by atoms with Crippen molar-refractivity contribution in [3.8, 4) is 0 Å². The molecule has 2 heterocycles. The average Bonchev–Trinajstić information content (AvgIpc) is 2.46. The minimum absolute atomic E-state index is 0.201. The van der Waals surface area contributed by atoms with E-state index < -0.39 is 0 Å². The average molecular weight is 273 g/mol. The van der Waals surface area contributed by atoms with Crippen molar-refractivity contribution in [2.45, 2.75) is 25.7 Å². The summed E-state index contributed by atoms with van der Waals surface area (Å²) < 4.78 is 10.9. The van der Waals surface area contributed by atoms with Crippen LogP contribution in [0.5, 0.6) is 0 Å². The van der Waals surface area contributed by atoms with Crippen molar-refractivity contribution in [2.75, 3.05) is 38.7 Å². The van der Waals surface area contributed by atoms with Crippen LogP contribution in [0.3, 0.4) is 0 Å². The van der Waals surface area contributed by atoms with E-state index in [9.17, 15) is 4.79 Å². The number of ether oxygens (including phenoxy) is 2. The fraction of sp³-hybridized carbons (Fsp3) is 0.923. The molecule has 2 aliphatic heterocycles. The molecule has 5 heteroatoms. The van der Waals surface area contributed by atoms with Gasteiger partial charge in [-0.05, 0) is 31.6 Å². The van der Waals surface area contributed by atoms with Crippen molar-refractivity contribution in [1.82, 2.24) is 5.32 Å². The fourth-order valence-electron chi connectivity index (χ4n) is 3.15. The molecule has 0 saturated carbocycles. The lowest BCUT2D eigenvalue weighted by atomic mass is 9.66. The molecule has 0 unspecified atom stereocenters. The smallest absolute Gasteiger partial charge is 0.226 e. The summed E-state index contributed by atoms with van der Waals surface area (Å²) in [5.74, 6) is 1.33. The highest BCUT2D eigenvalue weighted by molar-refractivity contribution is 7.80. The number of carbonyl (C=O) groups is 1. The summed E-state index contributed by atoms with van der Waals surface area (Å²) >= 11 is 4.15. The van der Waals surface area contributed by atoms with Gasteiger partial charge in [0.1, 0.15) is 0 Å². The van der Waals surface area contributed by atoms with Gasteiger partial charge < -0.3 is 14.8 Å². The first kappa shape index (κ1) is 14.2. The third-order valence-electron chi connectivity index (χ3n) is 4.24. The summed E-state index contributed by atoms with van der Waals surface area (Å²) in [6.45, 7) is 3.62. The SMILES string of the molecule is O=C(NCCS)C1(C2CCOCC2)CCOCC1. The third kappa shape index (κ3) is 3.00. The lowest BCUT2D eigenvalue weighted by molar-refractivity contribution is -0.145. The van der Waals surface area contributed by atoms with E-state index in [1.165, 1.54) is 0 Å². The Kier molecular flexibility index (Phi) is 5.33. The van der Waals surface area contributed by atoms with Gasteiger partial charge in [0.05, 0.1) is 5.41 Å². The maximum absolute atomic E-state index is 12.5. The monoisotopic (exact) mass is 273 g/mol. The molecule has 4 nitrogen and oxygen atoms in total. The molecule has 0 aromatic carbocycles. The van der Waals surface area contributed by atoms with E-state index in [2.05, 4.69) is 17.9 Å². The molecule has 2 aliphatic rings. The Hall–Kier alpha value is -0.260. The van der Waals surface area contributed by atoms with Crippen LogP contribution in [0.4, 0.5) is 0 Å². The number of amides is 1. The molecular weight excluding hydrogens is 250 g/mol. The maximum atomic E-state index is 12.5. The van der Waals surface area contributed by atoms with Crippen molar-refractivity contribution in [3.63, 3.8) is 0 Å². The van der Waals surface area contributed by atoms with E-state index in [0.717, 1.165) is 38.9 Å². The molecule has 104 valence electrons. The topological polar surface area (TPSA) is 47.6 Å². The van der Waals surface area contributed by atoms with Crippen LogP contribution in [0, 0.1) is 11.3 Å². The highest BCUT2D eigenvalue weighted by Gasteiger charge is 2.46. The molecule has 1 N–H and O–H groups in total. The number of thiol groups is 1. The second-order valence-corrected chi connectivity index (χ2v) is 5.58. The van der Waals surface area contributed by atoms with E-state index in [1.54, 1.807) is 0 Å². The number of carbonyl (C=O) groups excluding carboxylic acids is 1. The van der Waals surface area contributed by atoms with E-state index in [4.69, 9.17) is 9.47 Å². The van der Waals surface area contributed by atoms with Crippen LogP contribution in [-0.4, -0.2) is 44.6 Å². The fourth-order valence-corrected chi connectivity index (χ4v) is 3.26. The Morgan fingerprint density at radius 2 is 1.78 bits per heavy atom. The first-order chi connectivity index (χ1) is 8.79.